The molecule has 0 aliphatic carbocycles. The summed E-state index contributed by atoms with van der Waals surface area (Å²) in [6.07, 6.45) is 1.06. The van der Waals surface area contributed by atoms with Crippen molar-refractivity contribution >= 4 is 21.9 Å². The second-order valence-corrected chi connectivity index (χ2v) is 6.05. The van der Waals surface area contributed by atoms with Gasteiger partial charge in [0.05, 0.1) is 29.2 Å². The van der Waals surface area contributed by atoms with Crippen molar-refractivity contribution in [1.29, 1.82) is 0 Å². The maximum absolute atomic E-state index is 14.5. The molecule has 1 aromatic rings. The molecule has 3 rings (SSSR count). The van der Waals surface area contributed by atoms with Crippen LogP contribution in [0.3, 0.4) is 0 Å². The van der Waals surface area contributed by atoms with Crippen LogP contribution in [-0.2, 0) is 4.79 Å². The number of halogens is 2. The predicted molar refractivity (Wildman–Crippen MR) is 76.2 cm³/mol. The largest absolute Gasteiger partial charge is 0.490 e. The monoisotopic (exact) mass is 359 g/mol. The van der Waals surface area contributed by atoms with Crippen molar-refractivity contribution in [2.24, 2.45) is 5.92 Å². The van der Waals surface area contributed by atoms with E-state index < -0.39 is 17.7 Å². The van der Waals surface area contributed by atoms with E-state index in [1.54, 1.807) is 6.07 Å². The number of hydrogen-bond acceptors (Lipinski definition) is 4. The molecule has 1 fully saturated rings. The van der Waals surface area contributed by atoms with Crippen molar-refractivity contribution in [2.75, 3.05) is 19.8 Å². The lowest BCUT2D eigenvalue weighted by Gasteiger charge is -2.19. The quantitative estimate of drug-likeness (QED) is 0.848. The molecule has 1 aromatic carbocycles. The number of nitrogens with one attached hydrogen (secondary N) is 1. The van der Waals surface area contributed by atoms with Crippen LogP contribution in [0.5, 0.6) is 11.5 Å². The lowest BCUT2D eigenvalue weighted by atomic mass is 9.98. The SMILES string of the molecule is O=C(O)C1CNC(c2c(F)c(Br)cc3c2OCCCO3)C1. The molecule has 2 heterocycles. The van der Waals surface area contributed by atoms with Gasteiger partial charge in [-0.1, -0.05) is 0 Å². The standard InChI is InChI=1S/C14H15BrFNO4/c15-8-5-10-13(21-3-1-2-20-10)11(12(8)16)9-4-7(6-17-9)14(18)19/h5,7,9,17H,1-4,6H2,(H,18,19). The van der Waals surface area contributed by atoms with E-state index in [2.05, 4.69) is 21.2 Å². The summed E-state index contributed by atoms with van der Waals surface area (Å²) in [5.41, 5.74) is 0.352. The number of aliphatic carboxylic acids is 1. The van der Waals surface area contributed by atoms with Gasteiger partial charge >= 0.3 is 5.97 Å². The Hall–Kier alpha value is -1.34. The van der Waals surface area contributed by atoms with Gasteiger partial charge < -0.3 is 19.9 Å². The Morgan fingerprint density at radius 3 is 2.90 bits per heavy atom. The fourth-order valence-corrected chi connectivity index (χ4v) is 3.15. The van der Waals surface area contributed by atoms with Crippen LogP contribution in [0.15, 0.2) is 10.5 Å². The maximum atomic E-state index is 14.5. The summed E-state index contributed by atoms with van der Waals surface area (Å²) < 4.78 is 26.1. The van der Waals surface area contributed by atoms with Crippen LogP contribution in [0.4, 0.5) is 4.39 Å². The van der Waals surface area contributed by atoms with E-state index in [0.717, 1.165) is 6.42 Å². The summed E-state index contributed by atoms with van der Waals surface area (Å²) in [5, 5.41) is 12.2. The van der Waals surface area contributed by atoms with Gasteiger partial charge in [0.2, 0.25) is 0 Å². The van der Waals surface area contributed by atoms with Gasteiger partial charge in [-0.3, -0.25) is 4.79 Å². The van der Waals surface area contributed by atoms with E-state index in [1.807, 2.05) is 0 Å². The Kier molecular flexibility index (Phi) is 4.03. The smallest absolute Gasteiger partial charge is 0.307 e. The van der Waals surface area contributed by atoms with E-state index in [0.29, 0.717) is 47.7 Å². The van der Waals surface area contributed by atoms with Crippen LogP contribution < -0.4 is 14.8 Å². The zero-order chi connectivity index (χ0) is 15.0. The molecule has 0 spiro atoms. The molecule has 0 bridgehead atoms. The highest BCUT2D eigenvalue weighted by Crippen LogP contribution is 2.44. The van der Waals surface area contributed by atoms with Crippen molar-refractivity contribution in [3.05, 3.63) is 21.9 Å². The molecule has 2 atom stereocenters. The van der Waals surface area contributed by atoms with Gasteiger partial charge in [0.25, 0.3) is 0 Å². The molecule has 2 aliphatic heterocycles. The first-order valence-corrected chi connectivity index (χ1v) is 7.61. The van der Waals surface area contributed by atoms with Gasteiger partial charge in [-0.2, -0.15) is 0 Å². The van der Waals surface area contributed by atoms with Crippen molar-refractivity contribution in [3.63, 3.8) is 0 Å². The zero-order valence-corrected chi connectivity index (χ0v) is 12.8. The van der Waals surface area contributed by atoms with Gasteiger partial charge in [-0.25, -0.2) is 4.39 Å². The van der Waals surface area contributed by atoms with Crippen molar-refractivity contribution in [1.82, 2.24) is 5.32 Å². The highest BCUT2D eigenvalue weighted by molar-refractivity contribution is 9.10. The fourth-order valence-electron chi connectivity index (χ4n) is 2.73. The lowest BCUT2D eigenvalue weighted by Crippen LogP contribution is -2.18. The van der Waals surface area contributed by atoms with Gasteiger partial charge in [-0.05, 0) is 22.4 Å². The average molecular weight is 360 g/mol. The van der Waals surface area contributed by atoms with Crippen molar-refractivity contribution in [2.45, 2.75) is 18.9 Å². The molecule has 2 N–H and O–H groups in total. The van der Waals surface area contributed by atoms with E-state index >= 15 is 0 Å². The summed E-state index contributed by atoms with van der Waals surface area (Å²) in [6, 6.07) is 1.17. The van der Waals surface area contributed by atoms with Crippen LogP contribution >= 0.6 is 15.9 Å². The summed E-state index contributed by atoms with van der Waals surface area (Å²) in [7, 11) is 0. The van der Waals surface area contributed by atoms with Crippen LogP contribution in [0.1, 0.15) is 24.4 Å². The second kappa shape index (κ2) is 5.81. The van der Waals surface area contributed by atoms with Crippen LogP contribution in [0, 0.1) is 11.7 Å². The minimum atomic E-state index is -0.872. The Balaban J connectivity index is 2.01. The Bertz CT molecular complexity index is 581. The summed E-state index contributed by atoms with van der Waals surface area (Å²) >= 11 is 3.19. The molecule has 5 nitrogen and oxygen atoms in total. The number of rotatable bonds is 2. The molecule has 2 unspecified atom stereocenters. The van der Waals surface area contributed by atoms with E-state index in [4.69, 9.17) is 14.6 Å². The maximum Gasteiger partial charge on any atom is 0.307 e. The summed E-state index contributed by atoms with van der Waals surface area (Å²) in [6.45, 7) is 1.29. The molecule has 0 radical (unpaired) electrons. The minimum Gasteiger partial charge on any atom is -0.490 e. The van der Waals surface area contributed by atoms with Gasteiger partial charge in [0, 0.05) is 25.1 Å². The molecule has 1 saturated heterocycles. The van der Waals surface area contributed by atoms with Crippen molar-refractivity contribution in [3.8, 4) is 11.5 Å². The highest BCUT2D eigenvalue weighted by Gasteiger charge is 2.35. The first kappa shape index (κ1) is 14.6. The molecular formula is C14H15BrFNO4. The number of hydrogen-bond donors (Lipinski definition) is 2. The summed E-state index contributed by atoms with van der Waals surface area (Å²) in [4.78, 5) is 11.1. The third kappa shape index (κ3) is 2.72. The van der Waals surface area contributed by atoms with E-state index in [9.17, 15) is 9.18 Å². The second-order valence-electron chi connectivity index (χ2n) is 5.20. The number of carbonyl (C=O) groups is 1. The molecule has 114 valence electrons. The molecule has 0 saturated carbocycles. The molecule has 21 heavy (non-hydrogen) atoms. The number of fused-ring (bicyclic) bond motifs is 1. The number of carboxylic acid groups (broad SMARTS) is 1. The van der Waals surface area contributed by atoms with Crippen LogP contribution in [-0.4, -0.2) is 30.8 Å². The van der Waals surface area contributed by atoms with E-state index in [-0.39, 0.29) is 6.04 Å². The number of benzene rings is 1. The van der Waals surface area contributed by atoms with Crippen LogP contribution in [0.2, 0.25) is 0 Å². The Morgan fingerprint density at radius 2 is 2.19 bits per heavy atom. The lowest BCUT2D eigenvalue weighted by molar-refractivity contribution is -0.141. The third-order valence-corrected chi connectivity index (χ3v) is 4.37. The van der Waals surface area contributed by atoms with Crippen molar-refractivity contribution < 1.29 is 23.8 Å². The Morgan fingerprint density at radius 1 is 1.43 bits per heavy atom. The number of ether oxygens (including phenoxy) is 2. The first-order chi connectivity index (χ1) is 10.1. The van der Waals surface area contributed by atoms with Crippen LogP contribution in [0.25, 0.3) is 0 Å². The molecule has 0 amide bonds. The molecule has 7 heteroatoms. The normalized spacial score (nSPS) is 24.7. The highest BCUT2D eigenvalue weighted by atomic mass is 79.9. The average Bonchev–Trinajstić information content (AvgIpc) is 2.82. The molecule has 2 aliphatic rings. The van der Waals surface area contributed by atoms with Gasteiger partial charge in [0.1, 0.15) is 5.82 Å². The first-order valence-electron chi connectivity index (χ1n) is 6.81. The topological polar surface area (TPSA) is 67.8 Å². The fraction of sp³-hybridized carbons (Fsp3) is 0.500. The van der Waals surface area contributed by atoms with Gasteiger partial charge in [-0.15, -0.1) is 0 Å². The summed E-state index contributed by atoms with van der Waals surface area (Å²) in [5.74, 6) is -0.935. The number of carboxylic acids is 1. The predicted octanol–water partition coefficient (Wildman–Crippen LogP) is 2.48. The Labute approximate surface area is 129 Å². The zero-order valence-electron chi connectivity index (χ0n) is 11.2. The molecule has 0 aromatic heterocycles. The van der Waals surface area contributed by atoms with Gasteiger partial charge in [0.15, 0.2) is 11.5 Å². The molecular weight excluding hydrogens is 345 g/mol. The minimum absolute atomic E-state index is 0.294. The van der Waals surface area contributed by atoms with E-state index in [1.165, 1.54) is 0 Å². The third-order valence-electron chi connectivity index (χ3n) is 3.79.